The summed E-state index contributed by atoms with van der Waals surface area (Å²) in [5.74, 6) is 1.51. The average molecular weight is 423 g/mol. The highest BCUT2D eigenvalue weighted by molar-refractivity contribution is 6.30. The first-order valence-electron chi connectivity index (χ1n) is 9.67. The molecule has 5 nitrogen and oxygen atoms in total. The molecule has 3 aromatic rings. The Balaban J connectivity index is 1.77. The van der Waals surface area contributed by atoms with Gasteiger partial charge in [-0.25, -0.2) is 0 Å². The van der Waals surface area contributed by atoms with Crippen LogP contribution in [0.15, 0.2) is 71.7 Å². The number of hydrogen-bond acceptors (Lipinski definition) is 5. The van der Waals surface area contributed by atoms with Crippen LogP contribution < -0.4 is 14.8 Å². The molecule has 0 radical (unpaired) electrons. The van der Waals surface area contributed by atoms with Crippen LogP contribution in [0.4, 0.5) is 0 Å². The van der Waals surface area contributed by atoms with Crippen LogP contribution in [0.5, 0.6) is 17.2 Å². The first-order valence-corrected chi connectivity index (χ1v) is 10.1. The van der Waals surface area contributed by atoms with Crippen LogP contribution in [0.2, 0.25) is 5.02 Å². The van der Waals surface area contributed by atoms with Gasteiger partial charge in [-0.15, -0.1) is 0 Å². The fraction of sp³-hybridized carbons (Fsp3) is 0.208. The minimum atomic E-state index is -0.322. The molecule has 0 aliphatic carbocycles. The second-order valence-electron chi connectivity index (χ2n) is 7.09. The molecule has 1 aliphatic heterocycles. The number of ether oxygens (including phenoxy) is 2. The molecule has 0 saturated carbocycles. The van der Waals surface area contributed by atoms with Crippen LogP contribution in [0, 0.1) is 0 Å². The number of benzene rings is 3. The summed E-state index contributed by atoms with van der Waals surface area (Å²) in [6.07, 6.45) is 0.305. The van der Waals surface area contributed by atoms with E-state index in [2.05, 4.69) is 5.32 Å². The molecule has 4 rings (SSSR count). The van der Waals surface area contributed by atoms with Crippen molar-refractivity contribution in [1.82, 2.24) is 5.32 Å². The molecule has 154 valence electrons. The van der Waals surface area contributed by atoms with Crippen molar-refractivity contribution in [3.05, 3.63) is 88.4 Å². The average Bonchev–Trinajstić information content (AvgIpc) is 2.80. The molecule has 3 aromatic carbocycles. The molecular formula is C24H23ClN2O3. The third-order valence-electron chi connectivity index (χ3n) is 5.24. The second kappa shape index (κ2) is 8.78. The van der Waals surface area contributed by atoms with Crippen molar-refractivity contribution in [2.75, 3.05) is 14.2 Å². The van der Waals surface area contributed by atoms with Crippen molar-refractivity contribution in [3.8, 4) is 17.2 Å². The van der Waals surface area contributed by atoms with Gasteiger partial charge in [-0.05, 0) is 41.5 Å². The topological polar surface area (TPSA) is 63.1 Å². The van der Waals surface area contributed by atoms with Crippen molar-refractivity contribution < 1.29 is 14.6 Å². The maximum Gasteiger partial charge on any atom is 0.161 e. The SMILES string of the molecule is COc1ccc([C@H]2N=C(c3ccccc3)C[C@@H](c3cc(Cl)ccc3O)N2)cc1OC. The number of halogens is 1. The van der Waals surface area contributed by atoms with Crippen LogP contribution in [0.1, 0.15) is 35.3 Å². The van der Waals surface area contributed by atoms with E-state index in [9.17, 15) is 5.11 Å². The fourth-order valence-electron chi connectivity index (χ4n) is 3.71. The summed E-state index contributed by atoms with van der Waals surface area (Å²) < 4.78 is 10.8. The van der Waals surface area contributed by atoms with Crippen molar-refractivity contribution in [2.24, 2.45) is 4.99 Å². The molecule has 0 unspecified atom stereocenters. The van der Waals surface area contributed by atoms with Gasteiger partial charge in [0.25, 0.3) is 0 Å². The van der Waals surface area contributed by atoms with Gasteiger partial charge in [0, 0.05) is 28.8 Å². The molecule has 1 heterocycles. The molecule has 2 N–H and O–H groups in total. The lowest BCUT2D eigenvalue weighted by Gasteiger charge is -2.31. The summed E-state index contributed by atoms with van der Waals surface area (Å²) in [7, 11) is 3.22. The second-order valence-corrected chi connectivity index (χ2v) is 7.52. The molecule has 0 spiro atoms. The number of nitrogens with one attached hydrogen (secondary N) is 1. The van der Waals surface area contributed by atoms with Gasteiger partial charge in [0.15, 0.2) is 11.5 Å². The zero-order valence-corrected chi connectivity index (χ0v) is 17.6. The summed E-state index contributed by atoms with van der Waals surface area (Å²) in [4.78, 5) is 4.98. The largest absolute Gasteiger partial charge is 0.508 e. The Labute approximate surface area is 180 Å². The minimum absolute atomic E-state index is 0.158. The zero-order chi connectivity index (χ0) is 21.1. The van der Waals surface area contributed by atoms with E-state index in [1.807, 2.05) is 48.5 Å². The number of hydrogen-bond donors (Lipinski definition) is 2. The van der Waals surface area contributed by atoms with Crippen molar-refractivity contribution in [2.45, 2.75) is 18.6 Å². The predicted molar refractivity (Wildman–Crippen MR) is 119 cm³/mol. The van der Waals surface area contributed by atoms with Gasteiger partial charge in [-0.3, -0.25) is 10.3 Å². The lowest BCUT2D eigenvalue weighted by Crippen LogP contribution is -2.33. The fourth-order valence-corrected chi connectivity index (χ4v) is 3.89. The number of methoxy groups -OCH3 is 2. The van der Waals surface area contributed by atoms with E-state index in [1.165, 1.54) is 0 Å². The lowest BCUT2D eigenvalue weighted by atomic mass is 9.93. The van der Waals surface area contributed by atoms with Gasteiger partial charge in [0.2, 0.25) is 0 Å². The van der Waals surface area contributed by atoms with Crippen LogP contribution in [0.3, 0.4) is 0 Å². The number of rotatable bonds is 5. The number of phenolic OH excluding ortho intramolecular Hbond substituents is 1. The normalized spacial score (nSPS) is 18.6. The molecule has 2 atom stereocenters. The van der Waals surface area contributed by atoms with E-state index in [0.29, 0.717) is 22.9 Å². The summed E-state index contributed by atoms with van der Waals surface area (Å²) in [5.41, 5.74) is 3.69. The number of phenols is 1. The maximum atomic E-state index is 10.5. The summed E-state index contributed by atoms with van der Waals surface area (Å²) in [6.45, 7) is 0. The van der Waals surface area contributed by atoms with Gasteiger partial charge in [-0.2, -0.15) is 0 Å². The molecule has 0 saturated heterocycles. The number of nitrogens with zero attached hydrogens (tertiary/aromatic N) is 1. The summed E-state index contributed by atoms with van der Waals surface area (Å²) in [5, 5.41) is 14.6. The van der Waals surface area contributed by atoms with Gasteiger partial charge < -0.3 is 14.6 Å². The van der Waals surface area contributed by atoms with Crippen LogP contribution in [-0.2, 0) is 0 Å². The first kappa shape index (κ1) is 20.3. The number of aromatic hydroxyl groups is 1. The maximum absolute atomic E-state index is 10.5. The molecule has 0 aromatic heterocycles. The predicted octanol–water partition coefficient (Wildman–Crippen LogP) is 5.29. The lowest BCUT2D eigenvalue weighted by molar-refractivity contribution is 0.353. The summed E-state index contributed by atoms with van der Waals surface area (Å²) in [6, 6.07) is 20.8. The van der Waals surface area contributed by atoms with E-state index < -0.39 is 0 Å². The summed E-state index contributed by atoms with van der Waals surface area (Å²) >= 11 is 6.22. The van der Waals surface area contributed by atoms with Crippen molar-refractivity contribution in [1.29, 1.82) is 0 Å². The van der Waals surface area contributed by atoms with E-state index in [1.54, 1.807) is 32.4 Å². The molecule has 0 amide bonds. The van der Waals surface area contributed by atoms with Crippen LogP contribution >= 0.6 is 11.6 Å². The van der Waals surface area contributed by atoms with Crippen molar-refractivity contribution >= 4 is 17.3 Å². The smallest absolute Gasteiger partial charge is 0.161 e. The zero-order valence-electron chi connectivity index (χ0n) is 16.8. The minimum Gasteiger partial charge on any atom is -0.508 e. The van der Waals surface area contributed by atoms with Gasteiger partial charge >= 0.3 is 0 Å². The van der Waals surface area contributed by atoms with Crippen LogP contribution in [0.25, 0.3) is 0 Å². The third-order valence-corrected chi connectivity index (χ3v) is 5.47. The standard InChI is InChI=1S/C24H23ClN2O3/c1-29-22-11-8-16(12-23(22)30-2)24-26-19(15-6-4-3-5-7-15)14-20(27-24)18-13-17(25)9-10-21(18)28/h3-13,20,24,27-28H,14H2,1-2H3/t20-,24-/m0/s1. The molecular weight excluding hydrogens is 400 g/mol. The molecule has 6 heteroatoms. The van der Waals surface area contributed by atoms with E-state index in [0.717, 1.165) is 22.4 Å². The van der Waals surface area contributed by atoms with Crippen LogP contribution in [-0.4, -0.2) is 25.0 Å². The third kappa shape index (κ3) is 4.13. The number of aliphatic imine (C=N–C) groups is 1. The Morgan fingerprint density at radius 2 is 1.73 bits per heavy atom. The molecule has 1 aliphatic rings. The molecule has 0 fully saturated rings. The highest BCUT2D eigenvalue weighted by Gasteiger charge is 2.28. The first-order chi connectivity index (χ1) is 14.6. The van der Waals surface area contributed by atoms with E-state index >= 15 is 0 Å². The molecule has 30 heavy (non-hydrogen) atoms. The van der Waals surface area contributed by atoms with Gasteiger partial charge in [0.1, 0.15) is 11.9 Å². The Morgan fingerprint density at radius 1 is 0.967 bits per heavy atom. The van der Waals surface area contributed by atoms with Gasteiger partial charge in [-0.1, -0.05) is 48.0 Å². The van der Waals surface area contributed by atoms with E-state index in [-0.39, 0.29) is 18.0 Å². The Bertz CT molecular complexity index is 1070. The Morgan fingerprint density at radius 3 is 2.47 bits per heavy atom. The Kier molecular flexibility index (Phi) is 5.93. The van der Waals surface area contributed by atoms with Gasteiger partial charge in [0.05, 0.1) is 14.2 Å². The monoisotopic (exact) mass is 422 g/mol. The highest BCUT2D eigenvalue weighted by atomic mass is 35.5. The molecule has 0 bridgehead atoms. The highest BCUT2D eigenvalue weighted by Crippen LogP contribution is 2.37. The van der Waals surface area contributed by atoms with Crippen molar-refractivity contribution in [3.63, 3.8) is 0 Å². The Hall–Kier alpha value is -3.02. The van der Waals surface area contributed by atoms with E-state index in [4.69, 9.17) is 26.1 Å². The quantitative estimate of drug-likeness (QED) is 0.586.